The first kappa shape index (κ1) is 10.5. The lowest BCUT2D eigenvalue weighted by Gasteiger charge is -2.26. The second kappa shape index (κ2) is 4.07. The van der Waals surface area contributed by atoms with E-state index in [0.29, 0.717) is 18.9 Å². The normalized spacial score (nSPS) is 33.3. The summed E-state index contributed by atoms with van der Waals surface area (Å²) in [4.78, 5) is 11.0. The van der Waals surface area contributed by atoms with Crippen LogP contribution in [0.1, 0.15) is 32.6 Å². The fraction of sp³-hybridized carbons (Fsp3) is 0.889. The van der Waals surface area contributed by atoms with Crippen molar-refractivity contribution in [3.63, 3.8) is 0 Å². The Morgan fingerprint density at radius 3 is 2.85 bits per heavy atom. The number of hydroxylamine groups is 1. The van der Waals surface area contributed by atoms with E-state index >= 15 is 0 Å². The van der Waals surface area contributed by atoms with Gasteiger partial charge in [0.15, 0.2) is 0 Å². The van der Waals surface area contributed by atoms with Crippen LogP contribution in [0.3, 0.4) is 0 Å². The Bertz CT molecular complexity index is 196. The van der Waals surface area contributed by atoms with Crippen LogP contribution in [0.4, 0.5) is 0 Å². The molecule has 0 saturated heterocycles. The quantitative estimate of drug-likeness (QED) is 0.447. The molecular weight excluding hydrogens is 168 g/mol. The van der Waals surface area contributed by atoms with Crippen molar-refractivity contribution < 1.29 is 10.0 Å². The molecule has 0 aromatic carbocycles. The third-order valence-electron chi connectivity index (χ3n) is 3.04. The second-order valence-electron chi connectivity index (χ2n) is 4.26. The Hall–Kier alpha value is -0.610. The van der Waals surface area contributed by atoms with E-state index in [9.17, 15) is 4.79 Å². The van der Waals surface area contributed by atoms with E-state index in [-0.39, 0.29) is 11.3 Å². The zero-order valence-corrected chi connectivity index (χ0v) is 8.05. The molecule has 0 aromatic rings. The minimum atomic E-state index is -0.320. The van der Waals surface area contributed by atoms with Crippen LogP contribution in [-0.4, -0.2) is 17.7 Å². The van der Waals surface area contributed by atoms with Gasteiger partial charge in [0.05, 0.1) is 0 Å². The lowest BCUT2D eigenvalue weighted by atomic mass is 9.82. The van der Waals surface area contributed by atoms with E-state index in [4.69, 9.17) is 10.9 Å². The summed E-state index contributed by atoms with van der Waals surface area (Å²) in [7, 11) is 0. The lowest BCUT2D eigenvalue weighted by molar-refractivity contribution is -0.131. The molecule has 2 unspecified atom stereocenters. The van der Waals surface area contributed by atoms with Crippen molar-refractivity contribution in [3.8, 4) is 0 Å². The standard InChI is InChI=1S/C9H18N2O2/c1-7-2-3-9(4-7,6-10)5-8(12)11-13/h7,13H,2-6,10H2,1H3,(H,11,12). The molecule has 1 amide bonds. The number of nitrogens with one attached hydrogen (secondary N) is 1. The van der Waals surface area contributed by atoms with E-state index in [1.165, 1.54) is 0 Å². The third kappa shape index (κ3) is 2.42. The number of amides is 1. The van der Waals surface area contributed by atoms with Crippen molar-refractivity contribution in [2.75, 3.05) is 6.54 Å². The fourth-order valence-corrected chi connectivity index (χ4v) is 2.29. The molecule has 13 heavy (non-hydrogen) atoms. The summed E-state index contributed by atoms with van der Waals surface area (Å²) in [5, 5.41) is 8.43. The molecule has 0 heterocycles. The smallest absolute Gasteiger partial charge is 0.243 e. The summed E-state index contributed by atoms with van der Waals surface area (Å²) in [5.74, 6) is 0.328. The summed E-state index contributed by atoms with van der Waals surface area (Å²) in [6, 6.07) is 0. The lowest BCUT2D eigenvalue weighted by Crippen LogP contribution is -2.34. The average molecular weight is 186 g/mol. The van der Waals surface area contributed by atoms with Crippen LogP contribution in [0.25, 0.3) is 0 Å². The molecule has 4 heteroatoms. The zero-order chi connectivity index (χ0) is 9.90. The molecule has 4 N–H and O–H groups in total. The van der Waals surface area contributed by atoms with Gasteiger partial charge in [0, 0.05) is 6.42 Å². The highest BCUT2D eigenvalue weighted by atomic mass is 16.5. The molecule has 1 aliphatic carbocycles. The molecule has 0 aliphatic heterocycles. The molecule has 1 fully saturated rings. The molecular formula is C9H18N2O2. The molecule has 0 aromatic heterocycles. The molecule has 0 radical (unpaired) electrons. The Balaban J connectivity index is 2.55. The Morgan fingerprint density at radius 1 is 1.77 bits per heavy atom. The summed E-state index contributed by atoms with van der Waals surface area (Å²) >= 11 is 0. The van der Waals surface area contributed by atoms with Crippen molar-refractivity contribution in [2.45, 2.75) is 32.6 Å². The second-order valence-corrected chi connectivity index (χ2v) is 4.26. The van der Waals surface area contributed by atoms with E-state index in [1.54, 1.807) is 5.48 Å². The van der Waals surface area contributed by atoms with Gasteiger partial charge in [0.25, 0.3) is 0 Å². The predicted octanol–water partition coefficient (Wildman–Crippen LogP) is 0.647. The number of carbonyl (C=O) groups excluding carboxylic acids is 1. The van der Waals surface area contributed by atoms with Gasteiger partial charge in [0.2, 0.25) is 5.91 Å². The number of hydrogen-bond acceptors (Lipinski definition) is 3. The van der Waals surface area contributed by atoms with Gasteiger partial charge in [-0.2, -0.15) is 0 Å². The third-order valence-corrected chi connectivity index (χ3v) is 3.04. The SMILES string of the molecule is CC1CCC(CN)(CC(=O)NO)C1. The first-order chi connectivity index (χ1) is 6.12. The van der Waals surface area contributed by atoms with Crippen molar-refractivity contribution in [1.82, 2.24) is 5.48 Å². The van der Waals surface area contributed by atoms with E-state index < -0.39 is 0 Å². The summed E-state index contributed by atoms with van der Waals surface area (Å²) in [5.41, 5.74) is 7.28. The maximum absolute atomic E-state index is 11.0. The first-order valence-electron chi connectivity index (χ1n) is 4.75. The molecule has 0 bridgehead atoms. The van der Waals surface area contributed by atoms with Gasteiger partial charge in [-0.1, -0.05) is 13.3 Å². The number of hydrogen-bond donors (Lipinski definition) is 3. The van der Waals surface area contributed by atoms with Gasteiger partial charge < -0.3 is 5.73 Å². The molecule has 1 aliphatic rings. The van der Waals surface area contributed by atoms with Crippen LogP contribution in [0.2, 0.25) is 0 Å². The molecule has 76 valence electrons. The predicted molar refractivity (Wildman–Crippen MR) is 49.0 cm³/mol. The van der Waals surface area contributed by atoms with Crippen molar-refractivity contribution in [2.24, 2.45) is 17.1 Å². The van der Waals surface area contributed by atoms with Gasteiger partial charge in [-0.25, -0.2) is 5.48 Å². The maximum atomic E-state index is 11.0. The van der Waals surface area contributed by atoms with E-state index in [0.717, 1.165) is 19.3 Å². The summed E-state index contributed by atoms with van der Waals surface area (Å²) in [6.45, 7) is 2.71. The van der Waals surface area contributed by atoms with Crippen molar-refractivity contribution in [1.29, 1.82) is 0 Å². The molecule has 4 nitrogen and oxygen atoms in total. The van der Waals surface area contributed by atoms with Gasteiger partial charge >= 0.3 is 0 Å². The average Bonchev–Trinajstić information content (AvgIpc) is 2.48. The zero-order valence-electron chi connectivity index (χ0n) is 8.05. The first-order valence-corrected chi connectivity index (χ1v) is 4.75. The Labute approximate surface area is 78.5 Å². The van der Waals surface area contributed by atoms with Gasteiger partial charge in [-0.15, -0.1) is 0 Å². The van der Waals surface area contributed by atoms with Crippen molar-refractivity contribution >= 4 is 5.91 Å². The number of carbonyl (C=O) groups is 1. The molecule has 1 saturated carbocycles. The molecule has 1 rings (SSSR count). The van der Waals surface area contributed by atoms with Crippen LogP contribution < -0.4 is 11.2 Å². The van der Waals surface area contributed by atoms with Crippen LogP contribution in [0.5, 0.6) is 0 Å². The Kier molecular flexibility index (Phi) is 3.27. The fourth-order valence-electron chi connectivity index (χ4n) is 2.29. The molecule has 2 atom stereocenters. The number of rotatable bonds is 3. The maximum Gasteiger partial charge on any atom is 0.243 e. The van der Waals surface area contributed by atoms with Gasteiger partial charge in [-0.05, 0) is 30.7 Å². The van der Waals surface area contributed by atoms with E-state index in [1.807, 2.05) is 0 Å². The van der Waals surface area contributed by atoms with Crippen LogP contribution in [-0.2, 0) is 4.79 Å². The topological polar surface area (TPSA) is 75.4 Å². The van der Waals surface area contributed by atoms with Crippen molar-refractivity contribution in [3.05, 3.63) is 0 Å². The summed E-state index contributed by atoms with van der Waals surface area (Å²) < 4.78 is 0. The minimum Gasteiger partial charge on any atom is -0.330 e. The largest absolute Gasteiger partial charge is 0.330 e. The van der Waals surface area contributed by atoms with Crippen LogP contribution >= 0.6 is 0 Å². The summed E-state index contributed by atoms with van der Waals surface area (Å²) in [6.07, 6.45) is 3.48. The van der Waals surface area contributed by atoms with Crippen LogP contribution in [0.15, 0.2) is 0 Å². The van der Waals surface area contributed by atoms with Crippen LogP contribution in [0, 0.1) is 11.3 Å². The van der Waals surface area contributed by atoms with Gasteiger partial charge in [-0.3, -0.25) is 10.0 Å². The van der Waals surface area contributed by atoms with Gasteiger partial charge in [0.1, 0.15) is 0 Å². The highest BCUT2D eigenvalue weighted by molar-refractivity contribution is 5.75. The highest BCUT2D eigenvalue weighted by Gasteiger charge is 2.37. The molecule has 0 spiro atoms. The highest BCUT2D eigenvalue weighted by Crippen LogP contribution is 2.43. The monoisotopic (exact) mass is 186 g/mol. The van der Waals surface area contributed by atoms with E-state index in [2.05, 4.69) is 6.92 Å². The Morgan fingerprint density at radius 2 is 2.46 bits per heavy atom. The number of nitrogens with two attached hydrogens (primary N) is 1. The minimum absolute atomic E-state index is 0.0633.